The summed E-state index contributed by atoms with van der Waals surface area (Å²) < 4.78 is 31.3. The molecule has 1 N–H and O–H groups in total. The molecule has 5 heterocycles. The third-order valence-electron chi connectivity index (χ3n) is 5.55. The van der Waals surface area contributed by atoms with E-state index in [9.17, 15) is 8.42 Å². The zero-order chi connectivity index (χ0) is 17.7. The minimum Gasteiger partial charge on any atom is -0.345 e. The van der Waals surface area contributed by atoms with Crippen molar-refractivity contribution in [2.24, 2.45) is 0 Å². The number of aromatic amines is 1. The summed E-state index contributed by atoms with van der Waals surface area (Å²) in [6.07, 6.45) is 9.21. The number of nitrogens with one attached hydrogen (secondary N) is 1. The van der Waals surface area contributed by atoms with Crippen LogP contribution in [0.4, 0.5) is 0 Å². The number of H-pyrrole nitrogens is 1. The summed E-state index contributed by atoms with van der Waals surface area (Å²) >= 11 is 0. The normalized spacial score (nSPS) is 23.3. The Hall–Kier alpha value is -1.97. The van der Waals surface area contributed by atoms with E-state index in [0.717, 1.165) is 48.2 Å². The highest BCUT2D eigenvalue weighted by atomic mass is 32.2. The monoisotopic (exact) mass is 374 g/mol. The maximum absolute atomic E-state index is 12.9. The number of piperidine rings is 1. The van der Waals surface area contributed by atoms with E-state index in [1.807, 2.05) is 18.5 Å². The van der Waals surface area contributed by atoms with Gasteiger partial charge >= 0.3 is 0 Å². The highest BCUT2D eigenvalue weighted by Crippen LogP contribution is 2.31. The lowest BCUT2D eigenvalue weighted by atomic mass is 9.99. The first-order valence-corrected chi connectivity index (χ1v) is 10.6. The van der Waals surface area contributed by atoms with E-state index in [0.29, 0.717) is 26.2 Å². The Morgan fingerprint density at radius 3 is 2.65 bits per heavy atom. The van der Waals surface area contributed by atoms with Gasteiger partial charge in [-0.2, -0.15) is 17.0 Å². The standard InChI is InChI=1S/C17H22N6O2S/c24-26(25,21-7-1-2-8-21)22-9-3-4-13(12-22)17-20-11-14-10-19-16-15(23(14)17)5-6-18-16/h5-6,10-11,13,18H,1-4,7-9,12H2. The molecule has 0 radical (unpaired) electrons. The smallest absolute Gasteiger partial charge is 0.281 e. The number of aromatic nitrogens is 4. The molecule has 2 aliphatic rings. The molecular formula is C17H22N6O2S. The fourth-order valence-electron chi connectivity index (χ4n) is 4.23. The van der Waals surface area contributed by atoms with Crippen LogP contribution >= 0.6 is 0 Å². The average molecular weight is 374 g/mol. The van der Waals surface area contributed by atoms with E-state index in [4.69, 9.17) is 0 Å². The highest BCUT2D eigenvalue weighted by Gasteiger charge is 2.36. The molecule has 1 atom stereocenters. The van der Waals surface area contributed by atoms with Crippen LogP contribution in [-0.2, 0) is 10.2 Å². The van der Waals surface area contributed by atoms with Gasteiger partial charge in [0.05, 0.1) is 23.4 Å². The van der Waals surface area contributed by atoms with E-state index in [-0.39, 0.29) is 5.92 Å². The number of rotatable bonds is 3. The molecule has 2 fully saturated rings. The van der Waals surface area contributed by atoms with Crippen molar-refractivity contribution >= 4 is 26.9 Å². The molecule has 0 aliphatic carbocycles. The predicted octanol–water partition coefficient (Wildman–Crippen LogP) is 1.73. The number of fused-ring (bicyclic) bond motifs is 3. The van der Waals surface area contributed by atoms with Crippen molar-refractivity contribution in [1.29, 1.82) is 0 Å². The van der Waals surface area contributed by atoms with Gasteiger partial charge in [0.25, 0.3) is 10.2 Å². The first-order valence-electron chi connectivity index (χ1n) is 9.19. The molecule has 0 aromatic carbocycles. The lowest BCUT2D eigenvalue weighted by molar-refractivity contribution is 0.287. The molecule has 9 heteroatoms. The predicted molar refractivity (Wildman–Crippen MR) is 98.1 cm³/mol. The second kappa shape index (κ2) is 6.04. The van der Waals surface area contributed by atoms with Gasteiger partial charge < -0.3 is 4.98 Å². The molecule has 26 heavy (non-hydrogen) atoms. The summed E-state index contributed by atoms with van der Waals surface area (Å²) in [6, 6.07) is 1.99. The molecule has 2 aliphatic heterocycles. The minimum absolute atomic E-state index is 0.0872. The molecule has 8 nitrogen and oxygen atoms in total. The Kier molecular flexibility index (Phi) is 3.77. The van der Waals surface area contributed by atoms with Crippen molar-refractivity contribution in [2.75, 3.05) is 26.2 Å². The largest absolute Gasteiger partial charge is 0.345 e. The van der Waals surface area contributed by atoms with Crippen LogP contribution in [0, 0.1) is 0 Å². The van der Waals surface area contributed by atoms with Crippen LogP contribution in [0.5, 0.6) is 0 Å². The van der Waals surface area contributed by atoms with Crippen molar-refractivity contribution in [3.63, 3.8) is 0 Å². The molecule has 138 valence electrons. The van der Waals surface area contributed by atoms with E-state index in [2.05, 4.69) is 19.4 Å². The molecule has 0 bridgehead atoms. The number of nitrogens with zero attached hydrogens (tertiary/aromatic N) is 5. The summed E-state index contributed by atoms with van der Waals surface area (Å²) in [5.74, 6) is 1.01. The zero-order valence-electron chi connectivity index (χ0n) is 14.5. The average Bonchev–Trinajstić information content (AvgIpc) is 3.40. The van der Waals surface area contributed by atoms with E-state index in [1.54, 1.807) is 14.8 Å². The molecule has 3 aromatic heterocycles. The Morgan fingerprint density at radius 2 is 1.81 bits per heavy atom. The maximum atomic E-state index is 12.9. The van der Waals surface area contributed by atoms with Crippen molar-refractivity contribution in [3.8, 4) is 0 Å². The SMILES string of the molecule is O=S(=O)(N1CCCC1)N1CCCC(c2ncc3cnc4[nH]ccc4n23)C1. The number of imidazole rings is 1. The molecular weight excluding hydrogens is 352 g/mol. The van der Waals surface area contributed by atoms with Crippen LogP contribution < -0.4 is 0 Å². The third kappa shape index (κ3) is 2.45. The van der Waals surface area contributed by atoms with Gasteiger partial charge in [-0.1, -0.05) is 0 Å². The topological polar surface area (TPSA) is 86.6 Å². The van der Waals surface area contributed by atoms with Crippen LogP contribution in [0.15, 0.2) is 24.7 Å². The quantitative estimate of drug-likeness (QED) is 0.756. The van der Waals surface area contributed by atoms with Gasteiger partial charge in [-0.25, -0.2) is 9.97 Å². The van der Waals surface area contributed by atoms with E-state index in [1.165, 1.54) is 0 Å². The Balaban J connectivity index is 1.51. The summed E-state index contributed by atoms with van der Waals surface area (Å²) in [5.41, 5.74) is 2.73. The van der Waals surface area contributed by atoms with Crippen molar-refractivity contribution in [1.82, 2.24) is 28.0 Å². The second-order valence-electron chi connectivity index (χ2n) is 7.16. The molecule has 3 aromatic rings. The van der Waals surface area contributed by atoms with Crippen LogP contribution in [0.3, 0.4) is 0 Å². The summed E-state index contributed by atoms with van der Waals surface area (Å²) in [5, 5.41) is 0. The Morgan fingerprint density at radius 1 is 1.04 bits per heavy atom. The van der Waals surface area contributed by atoms with Crippen LogP contribution in [0.1, 0.15) is 37.4 Å². The third-order valence-corrected chi connectivity index (χ3v) is 7.56. The fraction of sp³-hybridized carbons (Fsp3) is 0.529. The molecule has 0 saturated carbocycles. The summed E-state index contributed by atoms with van der Waals surface area (Å²) in [4.78, 5) is 12.2. The van der Waals surface area contributed by atoms with Gasteiger partial charge in [0.15, 0.2) is 5.65 Å². The summed E-state index contributed by atoms with van der Waals surface area (Å²) in [7, 11) is -3.36. The van der Waals surface area contributed by atoms with Crippen LogP contribution in [0.25, 0.3) is 16.7 Å². The van der Waals surface area contributed by atoms with E-state index >= 15 is 0 Å². The first-order chi connectivity index (χ1) is 12.6. The van der Waals surface area contributed by atoms with Gasteiger partial charge in [-0.05, 0) is 31.7 Å². The molecule has 0 spiro atoms. The first kappa shape index (κ1) is 16.2. The van der Waals surface area contributed by atoms with Crippen molar-refractivity contribution < 1.29 is 8.42 Å². The van der Waals surface area contributed by atoms with Gasteiger partial charge in [0, 0.05) is 38.3 Å². The van der Waals surface area contributed by atoms with Crippen LogP contribution in [-0.4, -0.2) is 62.6 Å². The van der Waals surface area contributed by atoms with Crippen LogP contribution in [0.2, 0.25) is 0 Å². The van der Waals surface area contributed by atoms with Gasteiger partial charge in [-0.15, -0.1) is 0 Å². The fourth-order valence-corrected chi connectivity index (χ4v) is 6.01. The Bertz CT molecular complexity index is 1050. The number of hydrogen-bond acceptors (Lipinski definition) is 4. The lowest BCUT2D eigenvalue weighted by Gasteiger charge is -2.33. The maximum Gasteiger partial charge on any atom is 0.281 e. The van der Waals surface area contributed by atoms with Gasteiger partial charge in [0.2, 0.25) is 0 Å². The van der Waals surface area contributed by atoms with E-state index < -0.39 is 10.2 Å². The van der Waals surface area contributed by atoms with Gasteiger partial charge in [-0.3, -0.25) is 4.40 Å². The van der Waals surface area contributed by atoms with Crippen molar-refractivity contribution in [2.45, 2.75) is 31.6 Å². The molecule has 0 amide bonds. The lowest BCUT2D eigenvalue weighted by Crippen LogP contribution is -2.46. The van der Waals surface area contributed by atoms with Crippen molar-refractivity contribution in [3.05, 3.63) is 30.5 Å². The van der Waals surface area contributed by atoms with Gasteiger partial charge in [0.1, 0.15) is 5.82 Å². The molecule has 5 rings (SSSR count). The summed E-state index contributed by atoms with van der Waals surface area (Å²) in [6.45, 7) is 2.38. The zero-order valence-corrected chi connectivity index (χ0v) is 15.3. The molecule has 1 unspecified atom stereocenters. The highest BCUT2D eigenvalue weighted by molar-refractivity contribution is 7.86. The second-order valence-corrected chi connectivity index (χ2v) is 9.09. The number of hydrogen-bond donors (Lipinski definition) is 1. The minimum atomic E-state index is -3.36. The molecule has 2 saturated heterocycles. The Labute approximate surface area is 152 Å².